The van der Waals surface area contributed by atoms with Crippen LogP contribution in [0.25, 0.3) is 10.8 Å². The van der Waals surface area contributed by atoms with Crippen LogP contribution in [0.15, 0.2) is 60.7 Å². The molecular formula is C30H32FN3O3. The number of carbonyl (C=O) groups is 2. The van der Waals surface area contributed by atoms with Crippen molar-refractivity contribution in [3.05, 3.63) is 83.2 Å². The number of hydrogen-bond donors (Lipinski definition) is 0. The number of carbonyl (C=O) groups excluding carboxylic acids is 2. The first-order valence-electron chi connectivity index (χ1n) is 12.4. The Balaban J connectivity index is 1.63. The minimum atomic E-state index is -0.587. The minimum absolute atomic E-state index is 0.190. The second-order valence-corrected chi connectivity index (χ2v) is 10.8. The molecule has 1 heterocycles. The van der Waals surface area contributed by atoms with Crippen molar-refractivity contribution >= 4 is 22.8 Å². The smallest absolute Gasteiger partial charge is 0.410 e. The van der Waals surface area contributed by atoms with Crippen LogP contribution in [0.2, 0.25) is 0 Å². The van der Waals surface area contributed by atoms with Gasteiger partial charge in [0.1, 0.15) is 11.4 Å². The average molecular weight is 502 g/mol. The summed E-state index contributed by atoms with van der Waals surface area (Å²) in [4.78, 5) is 29.8. The molecule has 6 nitrogen and oxygen atoms in total. The van der Waals surface area contributed by atoms with Crippen LogP contribution in [-0.4, -0.2) is 54.1 Å². The van der Waals surface area contributed by atoms with Crippen LogP contribution in [0.3, 0.4) is 0 Å². The topological polar surface area (TPSA) is 73.6 Å². The molecule has 0 saturated carbocycles. The lowest BCUT2D eigenvalue weighted by Crippen LogP contribution is -2.51. The number of benzene rings is 3. The number of halogens is 1. The number of likely N-dealkylation sites (tertiary alicyclic amines) is 1. The predicted octanol–water partition coefficient (Wildman–Crippen LogP) is 5.89. The van der Waals surface area contributed by atoms with Gasteiger partial charge in [-0.25, -0.2) is 9.18 Å². The molecule has 1 aliphatic rings. The Hall–Kier alpha value is -3.92. The molecular weight excluding hydrogens is 469 g/mol. The fourth-order valence-electron chi connectivity index (χ4n) is 5.07. The van der Waals surface area contributed by atoms with Crippen LogP contribution >= 0.6 is 0 Å². The molecule has 0 N–H and O–H groups in total. The highest BCUT2D eigenvalue weighted by Gasteiger charge is 2.40. The van der Waals surface area contributed by atoms with E-state index in [2.05, 4.69) is 6.07 Å². The van der Waals surface area contributed by atoms with Gasteiger partial charge in [0, 0.05) is 37.7 Å². The zero-order chi connectivity index (χ0) is 26.8. The molecule has 192 valence electrons. The predicted molar refractivity (Wildman–Crippen MR) is 141 cm³/mol. The number of hydrogen-bond acceptors (Lipinski definition) is 4. The Kier molecular flexibility index (Phi) is 7.22. The van der Waals surface area contributed by atoms with E-state index in [0.29, 0.717) is 43.6 Å². The third-order valence-electron chi connectivity index (χ3n) is 6.94. The highest BCUT2D eigenvalue weighted by Crippen LogP contribution is 2.37. The molecule has 3 aromatic rings. The molecule has 7 heteroatoms. The first-order valence-corrected chi connectivity index (χ1v) is 12.4. The van der Waals surface area contributed by atoms with Crippen molar-refractivity contribution in [2.45, 2.75) is 44.6 Å². The van der Waals surface area contributed by atoms with Crippen LogP contribution in [0.1, 0.15) is 55.1 Å². The fourth-order valence-corrected chi connectivity index (χ4v) is 5.07. The standard InChI is InChI=1S/C30H32FN3O3/c1-29(2,3)37-28(36)34-15-13-30(14-16-34,23-9-11-24(31)12-10-23)20-33(4)27(35)26-18-21(19-32)17-22-7-5-6-8-25(22)26/h5-12,17-18H,13-16,20H2,1-4H3. The molecule has 0 aliphatic carbocycles. The molecule has 1 fully saturated rings. The van der Waals surface area contributed by atoms with E-state index in [1.165, 1.54) is 12.1 Å². The second kappa shape index (κ2) is 10.2. The average Bonchev–Trinajstić information content (AvgIpc) is 2.87. The van der Waals surface area contributed by atoms with Gasteiger partial charge < -0.3 is 14.5 Å². The number of amides is 2. The monoisotopic (exact) mass is 501 g/mol. The van der Waals surface area contributed by atoms with Gasteiger partial charge in [-0.2, -0.15) is 5.26 Å². The summed E-state index contributed by atoms with van der Waals surface area (Å²) in [7, 11) is 1.75. The highest BCUT2D eigenvalue weighted by atomic mass is 19.1. The number of piperidine rings is 1. The maximum atomic E-state index is 13.8. The summed E-state index contributed by atoms with van der Waals surface area (Å²) in [6, 6.07) is 19.5. The number of likely N-dealkylation sites (N-methyl/N-ethyl adjacent to an activating group) is 1. The zero-order valence-electron chi connectivity index (χ0n) is 21.8. The van der Waals surface area contributed by atoms with E-state index in [-0.39, 0.29) is 17.8 Å². The summed E-state index contributed by atoms with van der Waals surface area (Å²) in [6.45, 7) is 6.81. The van der Waals surface area contributed by atoms with Gasteiger partial charge in [0.05, 0.1) is 11.6 Å². The Bertz CT molecular complexity index is 1350. The molecule has 3 aromatic carbocycles. The molecule has 4 rings (SSSR count). The molecule has 1 aliphatic heterocycles. The van der Waals surface area contributed by atoms with Gasteiger partial charge in [0.2, 0.25) is 0 Å². The normalized spacial score (nSPS) is 15.2. The zero-order valence-corrected chi connectivity index (χ0v) is 21.8. The first kappa shape index (κ1) is 26.2. The maximum absolute atomic E-state index is 13.8. The van der Waals surface area contributed by atoms with Gasteiger partial charge in [0.15, 0.2) is 0 Å². The second-order valence-electron chi connectivity index (χ2n) is 10.8. The van der Waals surface area contributed by atoms with Crippen LogP contribution in [0.5, 0.6) is 0 Å². The van der Waals surface area contributed by atoms with Crippen molar-refractivity contribution in [2.75, 3.05) is 26.7 Å². The number of rotatable bonds is 4. The number of fused-ring (bicyclic) bond motifs is 1. The molecule has 0 aromatic heterocycles. The molecule has 0 unspecified atom stereocenters. The molecule has 37 heavy (non-hydrogen) atoms. The van der Waals surface area contributed by atoms with Crippen molar-refractivity contribution in [3.8, 4) is 6.07 Å². The number of ether oxygens (including phenoxy) is 1. The Labute approximate surface area is 217 Å². The van der Waals surface area contributed by atoms with E-state index in [4.69, 9.17) is 4.74 Å². The van der Waals surface area contributed by atoms with Gasteiger partial charge in [-0.05, 0) is 74.2 Å². The van der Waals surface area contributed by atoms with Crippen molar-refractivity contribution in [3.63, 3.8) is 0 Å². The van der Waals surface area contributed by atoms with E-state index in [9.17, 15) is 19.2 Å². The van der Waals surface area contributed by atoms with Gasteiger partial charge in [0.25, 0.3) is 5.91 Å². The van der Waals surface area contributed by atoms with Gasteiger partial charge in [-0.3, -0.25) is 4.79 Å². The van der Waals surface area contributed by atoms with Gasteiger partial charge in [-0.15, -0.1) is 0 Å². The Morgan fingerprint density at radius 2 is 1.73 bits per heavy atom. The van der Waals surface area contributed by atoms with E-state index >= 15 is 0 Å². The summed E-state index contributed by atoms with van der Waals surface area (Å²) in [6.07, 6.45) is 0.826. The lowest BCUT2D eigenvalue weighted by Gasteiger charge is -2.44. The van der Waals surface area contributed by atoms with E-state index in [1.54, 1.807) is 41.1 Å². The minimum Gasteiger partial charge on any atom is -0.444 e. The highest BCUT2D eigenvalue weighted by molar-refractivity contribution is 6.07. The quantitative estimate of drug-likeness (QED) is 0.447. The van der Waals surface area contributed by atoms with Crippen molar-refractivity contribution in [1.29, 1.82) is 5.26 Å². The van der Waals surface area contributed by atoms with E-state index in [0.717, 1.165) is 16.3 Å². The Morgan fingerprint density at radius 1 is 1.08 bits per heavy atom. The number of nitrogens with zero attached hydrogens (tertiary/aromatic N) is 3. The summed E-state index contributed by atoms with van der Waals surface area (Å²) in [5, 5.41) is 11.1. The summed E-state index contributed by atoms with van der Waals surface area (Å²) >= 11 is 0. The van der Waals surface area contributed by atoms with Gasteiger partial charge >= 0.3 is 6.09 Å². The van der Waals surface area contributed by atoms with Crippen LogP contribution in [-0.2, 0) is 10.2 Å². The summed E-state index contributed by atoms with van der Waals surface area (Å²) in [5.74, 6) is -0.515. The number of nitriles is 1. The fraction of sp³-hybridized carbons (Fsp3) is 0.367. The lowest BCUT2D eigenvalue weighted by molar-refractivity contribution is 0.0143. The van der Waals surface area contributed by atoms with Crippen molar-refractivity contribution in [2.24, 2.45) is 0 Å². The van der Waals surface area contributed by atoms with E-state index in [1.807, 2.05) is 45.0 Å². The first-order chi connectivity index (χ1) is 17.5. The Morgan fingerprint density at radius 3 is 2.35 bits per heavy atom. The summed E-state index contributed by atoms with van der Waals surface area (Å²) < 4.78 is 19.3. The SMILES string of the molecule is CN(CC1(c2ccc(F)cc2)CCN(C(=O)OC(C)(C)C)CC1)C(=O)c1cc(C#N)cc2ccccc12. The summed E-state index contributed by atoms with van der Waals surface area (Å²) in [5.41, 5.74) is 0.759. The van der Waals surface area contributed by atoms with Crippen molar-refractivity contribution < 1.29 is 18.7 Å². The van der Waals surface area contributed by atoms with Crippen LogP contribution in [0, 0.1) is 17.1 Å². The lowest BCUT2D eigenvalue weighted by atomic mass is 9.72. The van der Waals surface area contributed by atoms with Crippen LogP contribution in [0.4, 0.5) is 9.18 Å². The van der Waals surface area contributed by atoms with E-state index < -0.39 is 11.0 Å². The van der Waals surface area contributed by atoms with Crippen molar-refractivity contribution in [1.82, 2.24) is 9.80 Å². The maximum Gasteiger partial charge on any atom is 0.410 e. The third kappa shape index (κ3) is 5.75. The largest absolute Gasteiger partial charge is 0.444 e. The molecule has 2 amide bonds. The van der Waals surface area contributed by atoms with Crippen LogP contribution < -0.4 is 0 Å². The van der Waals surface area contributed by atoms with Gasteiger partial charge in [-0.1, -0.05) is 36.4 Å². The third-order valence-corrected chi connectivity index (χ3v) is 6.94. The molecule has 1 saturated heterocycles. The molecule has 0 radical (unpaired) electrons. The molecule has 0 spiro atoms. The molecule has 0 bridgehead atoms. The molecule has 0 atom stereocenters.